The number of unbranched alkanes of at least 4 members (excludes halogenated alkanes) is 1. The Balaban J connectivity index is 2.14. The van der Waals surface area contributed by atoms with E-state index in [9.17, 15) is 0 Å². The number of halogens is 1. The molecule has 2 rings (SSSR count). The maximum atomic E-state index is 6.16. The lowest BCUT2D eigenvalue weighted by Gasteiger charge is -2.07. The predicted molar refractivity (Wildman–Crippen MR) is 73.4 cm³/mol. The van der Waals surface area contributed by atoms with Crippen molar-refractivity contribution in [2.45, 2.75) is 26.3 Å². The Bertz CT molecular complexity index is 497. The molecule has 2 nitrogen and oxygen atoms in total. The second-order valence-corrected chi connectivity index (χ2v) is 4.52. The van der Waals surface area contributed by atoms with Crippen molar-refractivity contribution in [3.05, 3.63) is 41.0 Å². The van der Waals surface area contributed by atoms with Gasteiger partial charge in [-0.05, 0) is 25.1 Å². The zero-order chi connectivity index (χ0) is 12.1. The van der Waals surface area contributed by atoms with Crippen LogP contribution in [0.15, 0.2) is 30.3 Å². The normalized spacial score (nSPS) is 10.9. The highest BCUT2D eigenvalue weighted by molar-refractivity contribution is 6.30. The lowest BCUT2D eigenvalue weighted by Crippen LogP contribution is -2.14. The summed E-state index contributed by atoms with van der Waals surface area (Å²) < 4.78 is 0. The van der Waals surface area contributed by atoms with Gasteiger partial charge in [-0.15, -0.1) is 0 Å². The molecule has 0 spiro atoms. The average molecular weight is 249 g/mol. The molecule has 1 N–H and O–H groups in total. The third kappa shape index (κ3) is 3.18. The number of aromatic nitrogens is 1. The predicted octanol–water partition coefficient (Wildman–Crippen LogP) is 3.78. The fourth-order valence-electron chi connectivity index (χ4n) is 1.79. The van der Waals surface area contributed by atoms with Crippen LogP contribution >= 0.6 is 11.6 Å². The van der Waals surface area contributed by atoms with Crippen molar-refractivity contribution in [2.75, 3.05) is 6.54 Å². The van der Waals surface area contributed by atoms with Gasteiger partial charge in [-0.1, -0.05) is 43.1 Å². The monoisotopic (exact) mass is 248 g/mol. The average Bonchev–Trinajstić information content (AvgIpc) is 2.35. The van der Waals surface area contributed by atoms with Gasteiger partial charge in [0.05, 0.1) is 5.52 Å². The minimum atomic E-state index is 0.604. The first-order chi connectivity index (χ1) is 8.31. The molecule has 0 amide bonds. The lowest BCUT2D eigenvalue weighted by atomic mass is 10.1. The van der Waals surface area contributed by atoms with Gasteiger partial charge in [-0.3, -0.25) is 0 Å². The molecule has 1 aromatic carbocycles. The van der Waals surface area contributed by atoms with E-state index in [0.29, 0.717) is 5.15 Å². The van der Waals surface area contributed by atoms with E-state index in [0.717, 1.165) is 29.6 Å². The highest BCUT2D eigenvalue weighted by Gasteiger charge is 2.03. The van der Waals surface area contributed by atoms with E-state index in [-0.39, 0.29) is 0 Å². The smallest absolute Gasteiger partial charge is 0.134 e. The van der Waals surface area contributed by atoms with Gasteiger partial charge in [0.1, 0.15) is 5.15 Å². The molecule has 0 saturated heterocycles. The zero-order valence-electron chi connectivity index (χ0n) is 10.0. The molecule has 0 aliphatic heterocycles. The van der Waals surface area contributed by atoms with Crippen LogP contribution in [0.25, 0.3) is 10.9 Å². The molecule has 0 bridgehead atoms. The molecular weight excluding hydrogens is 232 g/mol. The van der Waals surface area contributed by atoms with Crippen LogP contribution in [0.2, 0.25) is 5.15 Å². The molecule has 17 heavy (non-hydrogen) atoms. The zero-order valence-corrected chi connectivity index (χ0v) is 10.8. The quantitative estimate of drug-likeness (QED) is 0.644. The number of rotatable bonds is 5. The van der Waals surface area contributed by atoms with Crippen LogP contribution < -0.4 is 5.32 Å². The van der Waals surface area contributed by atoms with Gasteiger partial charge < -0.3 is 5.32 Å². The van der Waals surface area contributed by atoms with Gasteiger partial charge in [0.15, 0.2) is 0 Å². The minimum absolute atomic E-state index is 0.604. The maximum Gasteiger partial charge on any atom is 0.134 e. The molecule has 0 saturated carbocycles. The summed E-state index contributed by atoms with van der Waals surface area (Å²) in [5, 5.41) is 5.13. The molecule has 0 aliphatic carbocycles. The van der Waals surface area contributed by atoms with Gasteiger partial charge >= 0.3 is 0 Å². The molecule has 0 radical (unpaired) electrons. The van der Waals surface area contributed by atoms with Crippen LogP contribution in [-0.4, -0.2) is 11.5 Å². The highest BCUT2D eigenvalue weighted by Crippen LogP contribution is 2.20. The van der Waals surface area contributed by atoms with Gasteiger partial charge in [-0.2, -0.15) is 0 Å². The van der Waals surface area contributed by atoms with Crippen LogP contribution in [0, 0.1) is 0 Å². The Hall–Kier alpha value is -1.12. The first kappa shape index (κ1) is 12.3. The highest BCUT2D eigenvalue weighted by atomic mass is 35.5. The molecule has 2 aromatic rings. The van der Waals surface area contributed by atoms with E-state index >= 15 is 0 Å². The number of pyridine rings is 1. The number of hydrogen-bond donors (Lipinski definition) is 1. The van der Waals surface area contributed by atoms with Crippen molar-refractivity contribution < 1.29 is 0 Å². The Labute approximate surface area is 107 Å². The van der Waals surface area contributed by atoms with Gasteiger partial charge in [0.2, 0.25) is 0 Å². The SMILES string of the molecule is CCCCNCc1cc2ccccc2nc1Cl. The van der Waals surface area contributed by atoms with Crippen LogP contribution in [0.4, 0.5) is 0 Å². The number of nitrogens with zero attached hydrogens (tertiary/aromatic N) is 1. The summed E-state index contributed by atoms with van der Waals surface area (Å²) in [4.78, 5) is 4.40. The number of para-hydroxylation sites is 1. The van der Waals surface area contributed by atoms with Crippen LogP contribution in [0.1, 0.15) is 25.3 Å². The van der Waals surface area contributed by atoms with E-state index in [1.165, 1.54) is 12.8 Å². The van der Waals surface area contributed by atoms with E-state index in [1.54, 1.807) is 0 Å². The largest absolute Gasteiger partial charge is 0.313 e. The molecule has 0 unspecified atom stereocenters. The molecule has 0 atom stereocenters. The molecule has 0 fully saturated rings. The fourth-order valence-corrected chi connectivity index (χ4v) is 2.00. The molecule has 90 valence electrons. The lowest BCUT2D eigenvalue weighted by molar-refractivity contribution is 0.641. The third-order valence-electron chi connectivity index (χ3n) is 2.77. The summed E-state index contributed by atoms with van der Waals surface area (Å²) >= 11 is 6.16. The van der Waals surface area contributed by atoms with E-state index in [1.807, 2.05) is 18.2 Å². The molecule has 3 heteroatoms. The molecule has 1 heterocycles. The van der Waals surface area contributed by atoms with Crippen LogP contribution in [0.3, 0.4) is 0 Å². The Kier molecular flexibility index (Phi) is 4.35. The van der Waals surface area contributed by atoms with E-state index in [4.69, 9.17) is 11.6 Å². The third-order valence-corrected chi connectivity index (χ3v) is 3.10. The molecular formula is C14H17ClN2. The number of fused-ring (bicyclic) bond motifs is 1. The van der Waals surface area contributed by atoms with Crippen molar-refractivity contribution in [1.82, 2.24) is 10.3 Å². The van der Waals surface area contributed by atoms with Crippen molar-refractivity contribution in [2.24, 2.45) is 0 Å². The number of benzene rings is 1. The maximum absolute atomic E-state index is 6.16. The summed E-state index contributed by atoms with van der Waals surface area (Å²) in [5.41, 5.74) is 2.02. The van der Waals surface area contributed by atoms with Gasteiger partial charge in [0.25, 0.3) is 0 Å². The topological polar surface area (TPSA) is 24.9 Å². The Morgan fingerprint density at radius 3 is 2.94 bits per heavy atom. The summed E-state index contributed by atoms with van der Waals surface area (Å²) in [7, 11) is 0. The number of nitrogens with one attached hydrogen (secondary N) is 1. The van der Waals surface area contributed by atoms with Crippen molar-refractivity contribution >= 4 is 22.5 Å². The summed E-state index contributed by atoms with van der Waals surface area (Å²) in [6.07, 6.45) is 2.40. The van der Waals surface area contributed by atoms with E-state index in [2.05, 4.69) is 29.4 Å². The minimum Gasteiger partial charge on any atom is -0.313 e. The van der Waals surface area contributed by atoms with Crippen molar-refractivity contribution in [3.8, 4) is 0 Å². The first-order valence-corrected chi connectivity index (χ1v) is 6.44. The summed E-state index contributed by atoms with van der Waals surface area (Å²) in [6, 6.07) is 10.2. The van der Waals surface area contributed by atoms with Crippen molar-refractivity contribution in [3.63, 3.8) is 0 Å². The second kappa shape index (κ2) is 5.99. The molecule has 0 aliphatic rings. The van der Waals surface area contributed by atoms with Crippen molar-refractivity contribution in [1.29, 1.82) is 0 Å². The van der Waals surface area contributed by atoms with Gasteiger partial charge in [0, 0.05) is 17.5 Å². The second-order valence-electron chi connectivity index (χ2n) is 4.16. The Morgan fingerprint density at radius 1 is 1.29 bits per heavy atom. The summed E-state index contributed by atoms with van der Waals surface area (Å²) in [6.45, 7) is 4.00. The summed E-state index contributed by atoms with van der Waals surface area (Å²) in [5.74, 6) is 0. The molecule has 1 aromatic heterocycles. The van der Waals surface area contributed by atoms with Crippen LogP contribution in [0.5, 0.6) is 0 Å². The fraction of sp³-hybridized carbons (Fsp3) is 0.357. The van der Waals surface area contributed by atoms with Gasteiger partial charge in [-0.25, -0.2) is 4.98 Å². The van der Waals surface area contributed by atoms with Crippen LogP contribution in [-0.2, 0) is 6.54 Å². The Morgan fingerprint density at radius 2 is 2.12 bits per heavy atom. The van der Waals surface area contributed by atoms with E-state index < -0.39 is 0 Å². The number of hydrogen-bond acceptors (Lipinski definition) is 2. The standard InChI is InChI=1S/C14H17ClN2/c1-2-3-8-16-10-12-9-11-6-4-5-7-13(11)17-14(12)15/h4-7,9,16H,2-3,8,10H2,1H3. The first-order valence-electron chi connectivity index (χ1n) is 6.06.